The Balaban J connectivity index is 1.67. The third kappa shape index (κ3) is 6.29. The second-order valence-corrected chi connectivity index (χ2v) is 8.73. The topological polar surface area (TPSA) is 70.1 Å². The van der Waals surface area contributed by atoms with E-state index in [1.807, 2.05) is 54.6 Å². The first-order valence-electron chi connectivity index (χ1n) is 11.5. The molecule has 0 fully saturated rings. The van der Waals surface area contributed by atoms with Crippen molar-refractivity contribution >= 4 is 33.9 Å². The van der Waals surface area contributed by atoms with Crippen LogP contribution in [0.5, 0.6) is 5.88 Å². The molecule has 0 radical (unpaired) electrons. The fourth-order valence-electron chi connectivity index (χ4n) is 4.03. The van der Waals surface area contributed by atoms with E-state index in [9.17, 15) is 5.11 Å². The predicted octanol–water partition coefficient (Wildman–Crippen LogP) is 5.79. The second kappa shape index (κ2) is 12.0. The van der Waals surface area contributed by atoms with E-state index >= 15 is 0 Å². The summed E-state index contributed by atoms with van der Waals surface area (Å²) in [6, 6.07) is 23.6. The highest BCUT2D eigenvalue weighted by atomic mass is 35.5. The van der Waals surface area contributed by atoms with E-state index in [4.69, 9.17) is 26.1 Å². The zero-order valence-electron chi connectivity index (χ0n) is 20.0. The SMILES string of the molecule is COCCN(CCOC)Cc1ccc(N=C(c2ccccc2)c2c(O)[nH]c3cc(Cl)ccc23)cc1. The monoisotopic (exact) mass is 491 g/mol. The first-order chi connectivity index (χ1) is 17.1. The van der Waals surface area contributed by atoms with Crippen molar-refractivity contribution in [1.29, 1.82) is 0 Å². The average molecular weight is 492 g/mol. The summed E-state index contributed by atoms with van der Waals surface area (Å²) in [7, 11) is 3.43. The van der Waals surface area contributed by atoms with Crippen molar-refractivity contribution in [1.82, 2.24) is 9.88 Å². The molecule has 0 aliphatic carbocycles. The van der Waals surface area contributed by atoms with E-state index in [1.54, 1.807) is 20.3 Å². The second-order valence-electron chi connectivity index (χ2n) is 8.29. The smallest absolute Gasteiger partial charge is 0.199 e. The van der Waals surface area contributed by atoms with Crippen LogP contribution in [0.2, 0.25) is 5.02 Å². The van der Waals surface area contributed by atoms with Gasteiger partial charge in [-0.05, 0) is 29.8 Å². The molecule has 0 atom stereocenters. The lowest BCUT2D eigenvalue weighted by atomic mass is 10.0. The van der Waals surface area contributed by atoms with Crippen LogP contribution in [-0.2, 0) is 16.0 Å². The molecule has 0 spiro atoms. The number of benzene rings is 3. The quantitative estimate of drug-likeness (QED) is 0.260. The molecule has 1 aromatic heterocycles. The van der Waals surface area contributed by atoms with Gasteiger partial charge in [0.2, 0.25) is 0 Å². The van der Waals surface area contributed by atoms with Crippen molar-refractivity contribution in [3.05, 3.63) is 94.5 Å². The molecule has 0 unspecified atom stereocenters. The van der Waals surface area contributed by atoms with Gasteiger partial charge >= 0.3 is 0 Å². The minimum Gasteiger partial charge on any atom is -0.494 e. The summed E-state index contributed by atoms with van der Waals surface area (Å²) in [6.45, 7) is 3.81. The Kier molecular flexibility index (Phi) is 8.55. The number of nitrogens with one attached hydrogen (secondary N) is 1. The van der Waals surface area contributed by atoms with Crippen LogP contribution in [-0.4, -0.2) is 61.2 Å². The van der Waals surface area contributed by atoms with Crippen LogP contribution in [0.3, 0.4) is 0 Å². The summed E-state index contributed by atoms with van der Waals surface area (Å²) in [5, 5.41) is 12.3. The van der Waals surface area contributed by atoms with E-state index in [2.05, 4.69) is 22.0 Å². The number of aliphatic imine (C=N–C) groups is 1. The summed E-state index contributed by atoms with van der Waals surface area (Å²) < 4.78 is 10.5. The predicted molar refractivity (Wildman–Crippen MR) is 142 cm³/mol. The maximum atomic E-state index is 10.8. The van der Waals surface area contributed by atoms with E-state index in [0.29, 0.717) is 29.5 Å². The summed E-state index contributed by atoms with van der Waals surface area (Å²) in [5.41, 5.74) is 4.99. The van der Waals surface area contributed by atoms with Crippen LogP contribution >= 0.6 is 11.6 Å². The normalized spacial score (nSPS) is 12.1. The van der Waals surface area contributed by atoms with Gasteiger partial charge in [-0.15, -0.1) is 0 Å². The van der Waals surface area contributed by atoms with E-state index in [0.717, 1.165) is 41.8 Å². The van der Waals surface area contributed by atoms with E-state index in [-0.39, 0.29) is 5.88 Å². The van der Waals surface area contributed by atoms with Crippen LogP contribution in [0.1, 0.15) is 16.7 Å². The Bertz CT molecular complexity index is 1260. The number of ether oxygens (including phenoxy) is 2. The molecule has 0 aliphatic rings. The van der Waals surface area contributed by atoms with E-state index < -0.39 is 0 Å². The fraction of sp³-hybridized carbons (Fsp3) is 0.250. The van der Waals surface area contributed by atoms with Crippen LogP contribution in [0.25, 0.3) is 10.9 Å². The molecule has 35 heavy (non-hydrogen) atoms. The number of H-pyrrole nitrogens is 1. The summed E-state index contributed by atoms with van der Waals surface area (Å²) >= 11 is 6.16. The maximum Gasteiger partial charge on any atom is 0.199 e. The van der Waals surface area contributed by atoms with Crippen LogP contribution < -0.4 is 0 Å². The van der Waals surface area contributed by atoms with Gasteiger partial charge in [-0.1, -0.05) is 60.1 Å². The number of hydrogen-bond donors (Lipinski definition) is 2. The zero-order valence-corrected chi connectivity index (χ0v) is 20.8. The van der Waals surface area contributed by atoms with Crippen molar-refractivity contribution in [3.63, 3.8) is 0 Å². The largest absolute Gasteiger partial charge is 0.494 e. The molecular weight excluding hydrogens is 462 g/mol. The lowest BCUT2D eigenvalue weighted by Crippen LogP contribution is -2.30. The molecule has 0 saturated heterocycles. The molecule has 6 nitrogen and oxygen atoms in total. The van der Waals surface area contributed by atoms with Gasteiger partial charge in [0, 0.05) is 49.8 Å². The number of methoxy groups -OCH3 is 2. The van der Waals surface area contributed by atoms with Crippen molar-refractivity contribution in [3.8, 4) is 5.88 Å². The molecule has 4 rings (SSSR count). The van der Waals surface area contributed by atoms with Crippen molar-refractivity contribution < 1.29 is 14.6 Å². The minimum atomic E-state index is 0.0633. The van der Waals surface area contributed by atoms with Gasteiger partial charge in [0.05, 0.1) is 35.7 Å². The number of aromatic amines is 1. The van der Waals surface area contributed by atoms with Crippen LogP contribution in [0.15, 0.2) is 77.8 Å². The van der Waals surface area contributed by atoms with Crippen molar-refractivity contribution in [2.24, 2.45) is 4.99 Å². The molecule has 0 bridgehead atoms. The summed E-state index contributed by atoms with van der Waals surface area (Å²) in [4.78, 5) is 10.3. The fourth-order valence-corrected chi connectivity index (χ4v) is 4.20. The molecule has 7 heteroatoms. The standard InChI is InChI=1S/C28H30ClN3O3/c1-34-16-14-32(15-17-35-2)19-20-8-11-23(12-9-20)30-27(21-6-4-3-5-7-21)26-24-13-10-22(29)18-25(24)31-28(26)33/h3-13,18,31,33H,14-17,19H2,1-2H3. The molecule has 1 heterocycles. The van der Waals surface area contributed by atoms with Gasteiger partial charge in [-0.25, -0.2) is 4.99 Å². The van der Waals surface area contributed by atoms with Gasteiger partial charge in [0.1, 0.15) is 0 Å². The third-order valence-corrected chi connectivity index (χ3v) is 6.07. The Morgan fingerprint density at radius 3 is 2.29 bits per heavy atom. The number of halogens is 1. The Morgan fingerprint density at radius 1 is 0.943 bits per heavy atom. The Morgan fingerprint density at radius 2 is 1.63 bits per heavy atom. The molecule has 0 saturated carbocycles. The molecule has 182 valence electrons. The molecule has 3 aromatic carbocycles. The highest BCUT2D eigenvalue weighted by Crippen LogP contribution is 2.33. The number of nitrogens with zero attached hydrogens (tertiary/aromatic N) is 2. The summed E-state index contributed by atoms with van der Waals surface area (Å²) in [5.74, 6) is 0.0633. The molecular formula is C28H30ClN3O3. The number of hydrogen-bond acceptors (Lipinski definition) is 5. The van der Waals surface area contributed by atoms with Crippen molar-refractivity contribution in [2.75, 3.05) is 40.5 Å². The zero-order chi connectivity index (χ0) is 24.6. The highest BCUT2D eigenvalue weighted by Gasteiger charge is 2.19. The van der Waals surface area contributed by atoms with Gasteiger partial charge in [-0.2, -0.15) is 0 Å². The summed E-state index contributed by atoms with van der Waals surface area (Å²) in [6.07, 6.45) is 0. The first-order valence-corrected chi connectivity index (χ1v) is 11.9. The number of aromatic nitrogens is 1. The Labute approximate surface area is 210 Å². The van der Waals surface area contributed by atoms with Gasteiger partial charge in [-0.3, -0.25) is 4.90 Å². The van der Waals surface area contributed by atoms with E-state index in [1.165, 1.54) is 5.56 Å². The van der Waals surface area contributed by atoms with Crippen LogP contribution in [0.4, 0.5) is 5.69 Å². The average Bonchev–Trinajstić information content (AvgIpc) is 3.20. The van der Waals surface area contributed by atoms with Gasteiger partial charge in [0.15, 0.2) is 5.88 Å². The van der Waals surface area contributed by atoms with Crippen molar-refractivity contribution in [2.45, 2.75) is 6.54 Å². The number of fused-ring (bicyclic) bond motifs is 1. The van der Waals surface area contributed by atoms with Crippen LogP contribution in [0, 0.1) is 0 Å². The molecule has 2 N–H and O–H groups in total. The molecule has 0 aliphatic heterocycles. The molecule has 4 aromatic rings. The first kappa shape index (κ1) is 24.9. The number of aromatic hydroxyl groups is 1. The lowest BCUT2D eigenvalue weighted by molar-refractivity contribution is 0.110. The number of rotatable bonds is 11. The van der Waals surface area contributed by atoms with Gasteiger partial charge < -0.3 is 19.6 Å². The minimum absolute atomic E-state index is 0.0633. The Hall–Kier alpha value is -3.16. The highest BCUT2D eigenvalue weighted by molar-refractivity contribution is 6.31. The molecule has 0 amide bonds. The van der Waals surface area contributed by atoms with Gasteiger partial charge in [0.25, 0.3) is 0 Å². The third-order valence-electron chi connectivity index (χ3n) is 5.83. The lowest BCUT2D eigenvalue weighted by Gasteiger charge is -2.21. The maximum absolute atomic E-state index is 10.8.